The van der Waals surface area contributed by atoms with Crippen LogP contribution in [0.25, 0.3) is 99.2 Å². The number of furan rings is 1. The summed E-state index contributed by atoms with van der Waals surface area (Å²) in [6.45, 7) is 4.74. The molecule has 3 aromatic heterocycles. The maximum atomic E-state index is 6.29. The Morgan fingerprint density at radius 3 is 1.76 bits per heavy atom. The first-order valence-electron chi connectivity index (χ1n) is 18.8. The van der Waals surface area contributed by atoms with Gasteiger partial charge in [-0.3, -0.25) is 0 Å². The molecule has 0 saturated heterocycles. The van der Waals surface area contributed by atoms with Crippen molar-refractivity contribution >= 4 is 65.6 Å². The standard InChI is InChI=1S/C51H34N2O/c1-51(2)42-18-8-3-13-34(42)39-29-40-37-16-6-11-21-46(37)53(48(40)30-43(39)51)47-28-32(52-44-19-9-4-14-35(44)36-15-5-10-20-45(36)52)24-25-33(47)31-23-26-50-41(27-31)38-17-7-12-22-49(38)54-50/h3-30H,1-2H3. The first-order chi connectivity index (χ1) is 26.5. The maximum Gasteiger partial charge on any atom is 0.135 e. The van der Waals surface area contributed by atoms with Crippen molar-refractivity contribution in [3.8, 4) is 33.6 Å². The zero-order valence-electron chi connectivity index (χ0n) is 30.0. The quantitative estimate of drug-likeness (QED) is 0.181. The van der Waals surface area contributed by atoms with Crippen molar-refractivity contribution < 1.29 is 4.42 Å². The molecule has 0 amide bonds. The van der Waals surface area contributed by atoms with E-state index >= 15 is 0 Å². The maximum absolute atomic E-state index is 6.29. The number of fused-ring (bicyclic) bond motifs is 12. The minimum atomic E-state index is -0.123. The Bertz CT molecular complexity index is 3310. The lowest BCUT2D eigenvalue weighted by Gasteiger charge is -2.22. The zero-order chi connectivity index (χ0) is 35.7. The predicted octanol–water partition coefficient (Wildman–Crippen LogP) is 13.8. The lowest BCUT2D eigenvalue weighted by atomic mass is 9.82. The highest BCUT2D eigenvalue weighted by Gasteiger charge is 2.36. The van der Waals surface area contributed by atoms with Gasteiger partial charge >= 0.3 is 0 Å². The zero-order valence-corrected chi connectivity index (χ0v) is 30.0. The minimum Gasteiger partial charge on any atom is -0.456 e. The molecular formula is C51H34N2O. The fraction of sp³-hybridized carbons (Fsp3) is 0.0588. The van der Waals surface area contributed by atoms with Gasteiger partial charge in [-0.05, 0) is 88.5 Å². The molecular weight excluding hydrogens is 657 g/mol. The van der Waals surface area contributed by atoms with Crippen LogP contribution >= 0.6 is 0 Å². The highest BCUT2D eigenvalue weighted by molar-refractivity contribution is 6.13. The number of rotatable bonds is 3. The molecule has 1 aliphatic rings. The van der Waals surface area contributed by atoms with Crippen LogP contribution in [0.3, 0.4) is 0 Å². The summed E-state index contributed by atoms with van der Waals surface area (Å²) in [5.41, 5.74) is 16.5. The van der Waals surface area contributed by atoms with Crippen molar-refractivity contribution in [2.45, 2.75) is 19.3 Å². The summed E-state index contributed by atoms with van der Waals surface area (Å²) in [6.07, 6.45) is 0. The van der Waals surface area contributed by atoms with E-state index in [4.69, 9.17) is 4.42 Å². The Morgan fingerprint density at radius 2 is 1.00 bits per heavy atom. The third kappa shape index (κ3) is 3.91. The molecule has 1 aliphatic carbocycles. The average molecular weight is 691 g/mol. The van der Waals surface area contributed by atoms with Crippen molar-refractivity contribution in [1.29, 1.82) is 0 Å². The lowest BCUT2D eigenvalue weighted by molar-refractivity contribution is 0.661. The van der Waals surface area contributed by atoms with Crippen LogP contribution in [0.5, 0.6) is 0 Å². The molecule has 0 aliphatic heterocycles. The fourth-order valence-corrected chi connectivity index (χ4v) is 9.61. The van der Waals surface area contributed by atoms with E-state index in [1.54, 1.807) is 0 Å². The van der Waals surface area contributed by atoms with Gasteiger partial charge in [0, 0.05) is 49.0 Å². The van der Waals surface area contributed by atoms with E-state index in [-0.39, 0.29) is 5.41 Å². The van der Waals surface area contributed by atoms with E-state index in [1.807, 2.05) is 6.07 Å². The molecule has 12 rings (SSSR count). The molecule has 0 atom stereocenters. The molecule has 0 radical (unpaired) electrons. The topological polar surface area (TPSA) is 23.0 Å². The van der Waals surface area contributed by atoms with Gasteiger partial charge in [0.15, 0.2) is 0 Å². The molecule has 0 saturated carbocycles. The molecule has 54 heavy (non-hydrogen) atoms. The van der Waals surface area contributed by atoms with Crippen LogP contribution in [-0.2, 0) is 5.41 Å². The number of hydrogen-bond donors (Lipinski definition) is 0. The van der Waals surface area contributed by atoms with Crippen LogP contribution < -0.4 is 0 Å². The summed E-state index contributed by atoms with van der Waals surface area (Å²) in [6, 6.07) is 62.3. The van der Waals surface area contributed by atoms with Crippen molar-refractivity contribution in [3.63, 3.8) is 0 Å². The second-order valence-corrected chi connectivity index (χ2v) is 15.3. The van der Waals surface area contributed by atoms with Crippen LogP contribution in [-0.4, -0.2) is 9.13 Å². The van der Waals surface area contributed by atoms with Gasteiger partial charge in [-0.2, -0.15) is 0 Å². The highest BCUT2D eigenvalue weighted by atomic mass is 16.3. The summed E-state index contributed by atoms with van der Waals surface area (Å²) >= 11 is 0. The second kappa shape index (κ2) is 10.6. The Labute approximate surface area is 311 Å². The lowest BCUT2D eigenvalue weighted by Crippen LogP contribution is -2.15. The van der Waals surface area contributed by atoms with Gasteiger partial charge in [0.2, 0.25) is 0 Å². The first kappa shape index (κ1) is 29.7. The smallest absolute Gasteiger partial charge is 0.135 e. The number of nitrogens with zero attached hydrogens (tertiary/aromatic N) is 2. The Kier molecular flexibility index (Phi) is 5.84. The summed E-state index contributed by atoms with van der Waals surface area (Å²) in [5, 5.41) is 7.28. The molecule has 0 N–H and O–H groups in total. The third-order valence-corrected chi connectivity index (χ3v) is 12.1. The van der Waals surface area contributed by atoms with Gasteiger partial charge in [-0.1, -0.05) is 123 Å². The van der Waals surface area contributed by atoms with E-state index < -0.39 is 0 Å². The van der Waals surface area contributed by atoms with E-state index in [0.29, 0.717) is 0 Å². The number of para-hydroxylation sites is 4. The molecule has 3 heteroatoms. The van der Waals surface area contributed by atoms with E-state index in [0.717, 1.165) is 44.4 Å². The molecule has 0 fully saturated rings. The van der Waals surface area contributed by atoms with Crippen molar-refractivity contribution in [1.82, 2.24) is 9.13 Å². The van der Waals surface area contributed by atoms with Crippen LogP contribution in [0.1, 0.15) is 25.0 Å². The first-order valence-corrected chi connectivity index (χ1v) is 18.8. The molecule has 11 aromatic rings. The second-order valence-electron chi connectivity index (χ2n) is 15.3. The van der Waals surface area contributed by atoms with Gasteiger partial charge in [0.05, 0.1) is 27.8 Å². The summed E-state index contributed by atoms with van der Waals surface area (Å²) < 4.78 is 11.2. The molecule has 0 unspecified atom stereocenters. The summed E-state index contributed by atoms with van der Waals surface area (Å²) in [4.78, 5) is 0. The van der Waals surface area contributed by atoms with Gasteiger partial charge in [-0.15, -0.1) is 0 Å². The summed E-state index contributed by atoms with van der Waals surface area (Å²) in [5.74, 6) is 0. The van der Waals surface area contributed by atoms with Gasteiger partial charge in [0.1, 0.15) is 11.2 Å². The Morgan fingerprint density at radius 1 is 0.389 bits per heavy atom. The Hall–Kier alpha value is -6.84. The van der Waals surface area contributed by atoms with Crippen LogP contribution in [0, 0.1) is 0 Å². The van der Waals surface area contributed by atoms with Crippen molar-refractivity contribution in [2.75, 3.05) is 0 Å². The minimum absolute atomic E-state index is 0.123. The number of aromatic nitrogens is 2. The highest BCUT2D eigenvalue weighted by Crippen LogP contribution is 2.51. The monoisotopic (exact) mass is 690 g/mol. The van der Waals surface area contributed by atoms with Gasteiger partial charge in [0.25, 0.3) is 0 Å². The van der Waals surface area contributed by atoms with Crippen molar-refractivity contribution in [2.24, 2.45) is 0 Å². The normalized spacial score (nSPS) is 13.5. The van der Waals surface area contributed by atoms with E-state index in [2.05, 4.69) is 187 Å². The molecule has 0 bridgehead atoms. The van der Waals surface area contributed by atoms with E-state index in [9.17, 15) is 0 Å². The molecule has 3 nitrogen and oxygen atoms in total. The van der Waals surface area contributed by atoms with Crippen LogP contribution in [0.4, 0.5) is 0 Å². The molecule has 8 aromatic carbocycles. The average Bonchev–Trinajstić information content (AvgIpc) is 3.92. The largest absolute Gasteiger partial charge is 0.456 e. The SMILES string of the molecule is CC1(C)c2ccccc2-c2cc3c4ccccc4n(-c4cc(-n5c6ccccc6c6ccccc65)ccc4-c4ccc5oc6ccccc6c5c4)c3cc21. The molecule has 3 heterocycles. The summed E-state index contributed by atoms with van der Waals surface area (Å²) in [7, 11) is 0. The fourth-order valence-electron chi connectivity index (χ4n) is 9.61. The predicted molar refractivity (Wildman–Crippen MR) is 225 cm³/mol. The van der Waals surface area contributed by atoms with Gasteiger partial charge in [-0.25, -0.2) is 0 Å². The van der Waals surface area contributed by atoms with Gasteiger partial charge < -0.3 is 13.6 Å². The van der Waals surface area contributed by atoms with Crippen LogP contribution in [0.15, 0.2) is 174 Å². The Balaban J connectivity index is 1.20. The molecule has 254 valence electrons. The van der Waals surface area contributed by atoms with Crippen LogP contribution in [0.2, 0.25) is 0 Å². The number of benzene rings is 8. The third-order valence-electron chi connectivity index (χ3n) is 12.1. The van der Waals surface area contributed by atoms with Crippen molar-refractivity contribution in [3.05, 3.63) is 181 Å². The molecule has 0 spiro atoms. The number of hydrogen-bond acceptors (Lipinski definition) is 1. The van der Waals surface area contributed by atoms with E-state index in [1.165, 1.54) is 65.9 Å².